The predicted molar refractivity (Wildman–Crippen MR) is 76.4 cm³/mol. The first-order valence-corrected chi connectivity index (χ1v) is 5.70. The van der Waals surface area contributed by atoms with E-state index in [1.807, 2.05) is 37.3 Å². The molecule has 0 saturated heterocycles. The summed E-state index contributed by atoms with van der Waals surface area (Å²) in [5.74, 6) is -0.152. The third-order valence-corrected chi connectivity index (χ3v) is 2.94. The van der Waals surface area contributed by atoms with Gasteiger partial charge in [-0.05, 0) is 30.5 Å². The van der Waals surface area contributed by atoms with E-state index in [4.69, 9.17) is 5.73 Å². The van der Waals surface area contributed by atoms with Gasteiger partial charge in [0.25, 0.3) is 0 Å². The quantitative estimate of drug-likeness (QED) is 0.863. The zero-order chi connectivity index (χ0) is 12.4. The summed E-state index contributed by atoms with van der Waals surface area (Å²) < 4.78 is 13.9. The summed E-state index contributed by atoms with van der Waals surface area (Å²) in [4.78, 5) is 0. The smallest absolute Gasteiger partial charge is 0.133 e. The Balaban J connectivity index is 0.00000162. The minimum Gasteiger partial charge on any atom is -0.324 e. The molecule has 3 heteroatoms. The van der Waals surface area contributed by atoms with Crippen LogP contribution in [0.1, 0.15) is 24.1 Å². The average Bonchev–Trinajstić information content (AvgIpc) is 2.33. The van der Waals surface area contributed by atoms with Gasteiger partial charge in [0.05, 0.1) is 0 Å². The largest absolute Gasteiger partial charge is 0.324 e. The number of nitrogens with two attached hydrogens (primary N) is 1. The molecule has 0 aliphatic heterocycles. The molecule has 0 aliphatic rings. The predicted octanol–water partition coefficient (Wildman–Crippen LogP) is 4.24. The highest BCUT2D eigenvalue weighted by Crippen LogP contribution is 2.25. The van der Waals surface area contributed by atoms with E-state index in [2.05, 4.69) is 0 Å². The molecule has 0 fully saturated rings. The van der Waals surface area contributed by atoms with E-state index >= 15 is 0 Å². The second-order valence-corrected chi connectivity index (χ2v) is 4.35. The van der Waals surface area contributed by atoms with Gasteiger partial charge < -0.3 is 5.73 Å². The van der Waals surface area contributed by atoms with Crippen molar-refractivity contribution >= 4 is 12.4 Å². The number of halogens is 2. The van der Waals surface area contributed by atoms with Crippen molar-refractivity contribution in [2.45, 2.75) is 19.9 Å². The SMILES string of the molecule is Cc1cccc(-c2ccc(C(C)N)cc2)c1F.Cl. The molecule has 1 atom stereocenters. The first kappa shape index (κ1) is 14.7. The molecular weight excluding hydrogens is 249 g/mol. The van der Waals surface area contributed by atoms with Crippen LogP contribution in [-0.2, 0) is 0 Å². The van der Waals surface area contributed by atoms with Crippen molar-refractivity contribution in [1.82, 2.24) is 0 Å². The Hall–Kier alpha value is -1.38. The van der Waals surface area contributed by atoms with E-state index in [9.17, 15) is 4.39 Å². The third-order valence-electron chi connectivity index (χ3n) is 2.94. The van der Waals surface area contributed by atoms with Gasteiger partial charge >= 0.3 is 0 Å². The standard InChI is InChI=1S/C15H16FN.ClH/c1-10-4-3-5-14(15(10)16)13-8-6-12(7-9-13)11(2)17;/h3-9,11H,17H2,1-2H3;1H. The van der Waals surface area contributed by atoms with Crippen molar-refractivity contribution in [3.8, 4) is 11.1 Å². The summed E-state index contributed by atoms with van der Waals surface area (Å²) in [5, 5.41) is 0. The van der Waals surface area contributed by atoms with Crippen molar-refractivity contribution in [2.24, 2.45) is 5.73 Å². The molecule has 0 saturated carbocycles. The lowest BCUT2D eigenvalue weighted by Crippen LogP contribution is -2.04. The molecule has 0 amide bonds. The van der Waals surface area contributed by atoms with Gasteiger partial charge in [0, 0.05) is 11.6 Å². The first-order chi connectivity index (χ1) is 8.09. The highest BCUT2D eigenvalue weighted by atomic mass is 35.5. The third kappa shape index (κ3) is 2.89. The highest BCUT2D eigenvalue weighted by Gasteiger charge is 2.07. The molecule has 0 bridgehead atoms. The number of rotatable bonds is 2. The molecule has 0 aliphatic carbocycles. The molecular formula is C15H17ClFN. The van der Waals surface area contributed by atoms with E-state index < -0.39 is 0 Å². The Labute approximate surface area is 113 Å². The van der Waals surface area contributed by atoms with Crippen LogP contribution in [0, 0.1) is 12.7 Å². The molecule has 2 aromatic carbocycles. The maximum Gasteiger partial charge on any atom is 0.133 e. The molecule has 0 aromatic heterocycles. The molecule has 96 valence electrons. The van der Waals surface area contributed by atoms with Crippen molar-refractivity contribution in [3.63, 3.8) is 0 Å². The Bertz CT molecular complexity index is 521. The Kier molecular flexibility index (Phi) is 4.88. The van der Waals surface area contributed by atoms with Gasteiger partial charge in [-0.15, -0.1) is 12.4 Å². The number of hydrogen-bond acceptors (Lipinski definition) is 1. The van der Waals surface area contributed by atoms with Gasteiger partial charge in [-0.1, -0.05) is 42.5 Å². The summed E-state index contributed by atoms with van der Waals surface area (Å²) in [6.45, 7) is 3.71. The monoisotopic (exact) mass is 265 g/mol. The molecule has 2 aromatic rings. The maximum absolute atomic E-state index is 13.9. The van der Waals surface area contributed by atoms with Crippen LogP contribution in [-0.4, -0.2) is 0 Å². The van der Waals surface area contributed by atoms with Gasteiger partial charge in [-0.25, -0.2) is 4.39 Å². The summed E-state index contributed by atoms with van der Waals surface area (Å²) in [7, 11) is 0. The van der Waals surface area contributed by atoms with E-state index in [0.717, 1.165) is 11.1 Å². The lowest BCUT2D eigenvalue weighted by Gasteiger charge is -2.09. The lowest BCUT2D eigenvalue weighted by atomic mass is 10.00. The van der Waals surface area contributed by atoms with Crippen LogP contribution in [0.15, 0.2) is 42.5 Å². The normalized spacial score (nSPS) is 11.8. The number of hydrogen-bond donors (Lipinski definition) is 1. The molecule has 0 heterocycles. The van der Waals surface area contributed by atoms with Crippen LogP contribution in [0.4, 0.5) is 4.39 Å². The van der Waals surface area contributed by atoms with Gasteiger partial charge in [0.15, 0.2) is 0 Å². The van der Waals surface area contributed by atoms with E-state index in [1.165, 1.54) is 0 Å². The molecule has 0 spiro atoms. The van der Waals surface area contributed by atoms with Crippen molar-refractivity contribution < 1.29 is 4.39 Å². The Morgan fingerprint density at radius 1 is 1.06 bits per heavy atom. The Morgan fingerprint density at radius 3 is 2.22 bits per heavy atom. The molecule has 2 N–H and O–H groups in total. The second kappa shape index (κ2) is 5.98. The fourth-order valence-corrected chi connectivity index (χ4v) is 1.84. The van der Waals surface area contributed by atoms with E-state index in [0.29, 0.717) is 11.1 Å². The summed E-state index contributed by atoms with van der Waals surface area (Å²) in [5.41, 5.74) is 9.03. The van der Waals surface area contributed by atoms with Gasteiger partial charge in [-0.3, -0.25) is 0 Å². The molecule has 0 radical (unpaired) electrons. The van der Waals surface area contributed by atoms with Crippen LogP contribution >= 0.6 is 12.4 Å². The zero-order valence-electron chi connectivity index (χ0n) is 10.5. The van der Waals surface area contributed by atoms with Gasteiger partial charge in [0.2, 0.25) is 0 Å². The molecule has 18 heavy (non-hydrogen) atoms. The fraction of sp³-hybridized carbons (Fsp3) is 0.200. The highest BCUT2D eigenvalue weighted by molar-refractivity contribution is 5.85. The minimum absolute atomic E-state index is 0. The number of benzene rings is 2. The fourth-order valence-electron chi connectivity index (χ4n) is 1.84. The first-order valence-electron chi connectivity index (χ1n) is 5.70. The average molecular weight is 266 g/mol. The number of aryl methyl sites for hydroxylation is 1. The van der Waals surface area contributed by atoms with Crippen LogP contribution in [0.3, 0.4) is 0 Å². The van der Waals surface area contributed by atoms with E-state index in [-0.39, 0.29) is 24.3 Å². The molecule has 2 rings (SSSR count). The topological polar surface area (TPSA) is 26.0 Å². The summed E-state index contributed by atoms with van der Waals surface area (Å²) in [6.07, 6.45) is 0. The Morgan fingerprint density at radius 2 is 1.67 bits per heavy atom. The van der Waals surface area contributed by atoms with Crippen LogP contribution in [0.25, 0.3) is 11.1 Å². The maximum atomic E-state index is 13.9. The summed E-state index contributed by atoms with van der Waals surface area (Å²) in [6, 6.07) is 13.2. The van der Waals surface area contributed by atoms with Crippen molar-refractivity contribution in [1.29, 1.82) is 0 Å². The van der Waals surface area contributed by atoms with Crippen molar-refractivity contribution in [2.75, 3.05) is 0 Å². The van der Waals surface area contributed by atoms with Crippen LogP contribution in [0.2, 0.25) is 0 Å². The van der Waals surface area contributed by atoms with E-state index in [1.54, 1.807) is 19.1 Å². The van der Waals surface area contributed by atoms with Gasteiger partial charge in [-0.2, -0.15) is 0 Å². The minimum atomic E-state index is -0.152. The molecule has 1 nitrogen and oxygen atoms in total. The summed E-state index contributed by atoms with van der Waals surface area (Å²) >= 11 is 0. The van der Waals surface area contributed by atoms with Gasteiger partial charge in [0.1, 0.15) is 5.82 Å². The zero-order valence-corrected chi connectivity index (χ0v) is 11.3. The second-order valence-electron chi connectivity index (χ2n) is 4.35. The lowest BCUT2D eigenvalue weighted by molar-refractivity contribution is 0.622. The van der Waals surface area contributed by atoms with Crippen LogP contribution < -0.4 is 5.73 Å². The van der Waals surface area contributed by atoms with Crippen molar-refractivity contribution in [3.05, 3.63) is 59.4 Å². The molecule has 1 unspecified atom stereocenters. The van der Waals surface area contributed by atoms with Crippen LogP contribution in [0.5, 0.6) is 0 Å².